The first-order valence-electron chi connectivity index (χ1n) is 5.39. The molecule has 4 nitrogen and oxygen atoms in total. The van der Waals surface area contributed by atoms with E-state index in [1.807, 2.05) is 16.8 Å². The third kappa shape index (κ3) is 1.51. The van der Waals surface area contributed by atoms with Crippen LogP contribution in [0.25, 0.3) is 5.65 Å². The van der Waals surface area contributed by atoms with E-state index in [9.17, 15) is 0 Å². The van der Waals surface area contributed by atoms with Crippen LogP contribution in [0.3, 0.4) is 0 Å². The van der Waals surface area contributed by atoms with Crippen molar-refractivity contribution >= 4 is 5.65 Å². The van der Waals surface area contributed by atoms with Gasteiger partial charge in [0.25, 0.3) is 0 Å². The zero-order chi connectivity index (χ0) is 10.3. The van der Waals surface area contributed by atoms with Crippen LogP contribution in [0.2, 0.25) is 0 Å². The smallest absolute Gasteiger partial charge is 0.168 e. The first-order valence-corrected chi connectivity index (χ1v) is 5.39. The normalized spacial score (nSPS) is 21.3. The first kappa shape index (κ1) is 8.85. The van der Waals surface area contributed by atoms with Gasteiger partial charge in [0.2, 0.25) is 0 Å². The molecule has 78 valence electrons. The summed E-state index contributed by atoms with van der Waals surface area (Å²) in [6, 6.07) is 4.46. The lowest BCUT2D eigenvalue weighted by atomic mass is 10.2. The van der Waals surface area contributed by atoms with Crippen LogP contribution in [-0.2, 0) is 0 Å². The molecular weight excluding hydrogens is 188 g/mol. The second-order valence-corrected chi connectivity index (χ2v) is 4.13. The average molecular weight is 202 g/mol. The summed E-state index contributed by atoms with van der Waals surface area (Å²) >= 11 is 0. The van der Waals surface area contributed by atoms with Crippen molar-refractivity contribution in [3.05, 3.63) is 29.7 Å². The molecule has 0 saturated carbocycles. The Bertz CT molecular complexity index is 482. The minimum Gasteiger partial charge on any atom is -0.307 e. The molecule has 2 aromatic heterocycles. The minimum absolute atomic E-state index is 0.352. The maximum atomic E-state index is 4.54. The van der Waals surface area contributed by atoms with Crippen LogP contribution in [0.1, 0.15) is 30.3 Å². The second kappa shape index (κ2) is 3.31. The molecule has 0 bridgehead atoms. The monoisotopic (exact) mass is 202 g/mol. The molecule has 1 unspecified atom stereocenters. The van der Waals surface area contributed by atoms with Crippen molar-refractivity contribution in [2.75, 3.05) is 6.54 Å². The number of hydrogen-bond acceptors (Lipinski definition) is 3. The molecule has 1 atom stereocenters. The third-order valence-corrected chi connectivity index (χ3v) is 2.88. The third-order valence-electron chi connectivity index (χ3n) is 2.88. The lowest BCUT2D eigenvalue weighted by Crippen LogP contribution is -2.14. The van der Waals surface area contributed by atoms with Gasteiger partial charge in [0.05, 0.1) is 6.04 Å². The van der Waals surface area contributed by atoms with Crippen LogP contribution in [-0.4, -0.2) is 21.1 Å². The highest BCUT2D eigenvalue weighted by molar-refractivity contribution is 5.40. The second-order valence-electron chi connectivity index (χ2n) is 4.13. The summed E-state index contributed by atoms with van der Waals surface area (Å²) in [5.74, 6) is 0.929. The van der Waals surface area contributed by atoms with Crippen LogP contribution in [0.5, 0.6) is 0 Å². The predicted molar refractivity (Wildman–Crippen MR) is 57.7 cm³/mol. The maximum absolute atomic E-state index is 4.54. The van der Waals surface area contributed by atoms with Crippen molar-refractivity contribution in [2.45, 2.75) is 25.8 Å². The molecule has 0 aliphatic carbocycles. The minimum atomic E-state index is 0.352. The van der Waals surface area contributed by atoms with Crippen molar-refractivity contribution < 1.29 is 0 Å². The molecule has 3 rings (SSSR count). The lowest BCUT2D eigenvalue weighted by molar-refractivity contribution is 0.604. The SMILES string of the molecule is Cc1ccn2nc(C3CCCN3)nc2c1. The highest BCUT2D eigenvalue weighted by Gasteiger charge is 2.20. The summed E-state index contributed by atoms with van der Waals surface area (Å²) in [5, 5.41) is 7.89. The van der Waals surface area contributed by atoms with Gasteiger partial charge in [-0.05, 0) is 44.0 Å². The molecule has 4 heteroatoms. The van der Waals surface area contributed by atoms with Gasteiger partial charge in [-0.3, -0.25) is 0 Å². The quantitative estimate of drug-likeness (QED) is 0.761. The van der Waals surface area contributed by atoms with Gasteiger partial charge in [0.1, 0.15) is 0 Å². The summed E-state index contributed by atoms with van der Waals surface area (Å²) < 4.78 is 1.85. The lowest BCUT2D eigenvalue weighted by Gasteiger charge is -2.02. The Balaban J connectivity index is 2.05. The molecule has 1 aliphatic heterocycles. The van der Waals surface area contributed by atoms with Crippen molar-refractivity contribution in [1.82, 2.24) is 19.9 Å². The fourth-order valence-electron chi connectivity index (χ4n) is 2.05. The molecule has 0 spiro atoms. The van der Waals surface area contributed by atoms with Crippen molar-refractivity contribution in [3.8, 4) is 0 Å². The molecular formula is C11H14N4. The van der Waals surface area contributed by atoms with Crippen molar-refractivity contribution in [3.63, 3.8) is 0 Å². The average Bonchev–Trinajstić information content (AvgIpc) is 2.84. The summed E-state index contributed by atoms with van der Waals surface area (Å²) in [4.78, 5) is 4.54. The van der Waals surface area contributed by atoms with Gasteiger partial charge in [-0.1, -0.05) is 0 Å². The van der Waals surface area contributed by atoms with E-state index in [2.05, 4.69) is 28.4 Å². The summed E-state index contributed by atoms with van der Waals surface area (Å²) in [6.07, 6.45) is 4.34. The van der Waals surface area contributed by atoms with Gasteiger partial charge in [-0.25, -0.2) is 9.50 Å². The zero-order valence-electron chi connectivity index (χ0n) is 8.77. The Morgan fingerprint density at radius 2 is 2.47 bits per heavy atom. The van der Waals surface area contributed by atoms with Crippen LogP contribution >= 0.6 is 0 Å². The molecule has 2 aromatic rings. The number of pyridine rings is 1. The number of hydrogen-bond donors (Lipinski definition) is 1. The van der Waals surface area contributed by atoms with Crippen molar-refractivity contribution in [2.24, 2.45) is 0 Å². The van der Waals surface area contributed by atoms with E-state index in [1.165, 1.54) is 12.0 Å². The maximum Gasteiger partial charge on any atom is 0.168 e. The van der Waals surface area contributed by atoms with Gasteiger partial charge >= 0.3 is 0 Å². The van der Waals surface area contributed by atoms with Crippen LogP contribution < -0.4 is 5.32 Å². The highest BCUT2D eigenvalue weighted by atomic mass is 15.3. The highest BCUT2D eigenvalue weighted by Crippen LogP contribution is 2.20. The molecule has 1 fully saturated rings. The topological polar surface area (TPSA) is 42.2 Å². The van der Waals surface area contributed by atoms with E-state index in [0.29, 0.717) is 6.04 Å². The molecule has 0 aromatic carbocycles. The number of rotatable bonds is 1. The molecule has 3 heterocycles. The standard InChI is InChI=1S/C11H14N4/c1-8-4-6-15-10(7-8)13-11(14-15)9-3-2-5-12-9/h4,6-7,9,12H,2-3,5H2,1H3. The van der Waals surface area contributed by atoms with Crippen LogP contribution in [0.4, 0.5) is 0 Å². The van der Waals surface area contributed by atoms with Crippen LogP contribution in [0.15, 0.2) is 18.3 Å². The van der Waals surface area contributed by atoms with Gasteiger partial charge < -0.3 is 5.32 Å². The molecule has 0 radical (unpaired) electrons. The fraction of sp³-hybridized carbons (Fsp3) is 0.455. The van der Waals surface area contributed by atoms with E-state index in [-0.39, 0.29) is 0 Å². The molecule has 1 saturated heterocycles. The Hall–Kier alpha value is -1.42. The molecule has 15 heavy (non-hydrogen) atoms. The number of nitrogens with one attached hydrogen (secondary N) is 1. The molecule has 1 N–H and O–H groups in total. The Labute approximate surface area is 88.3 Å². The van der Waals surface area contributed by atoms with Crippen molar-refractivity contribution in [1.29, 1.82) is 0 Å². The van der Waals surface area contributed by atoms with E-state index >= 15 is 0 Å². The number of aromatic nitrogens is 3. The Morgan fingerprint density at radius 1 is 1.53 bits per heavy atom. The fourth-order valence-corrected chi connectivity index (χ4v) is 2.05. The van der Waals surface area contributed by atoms with Gasteiger partial charge in [-0.15, -0.1) is 5.10 Å². The summed E-state index contributed by atoms with van der Waals surface area (Å²) in [7, 11) is 0. The Kier molecular flexibility index (Phi) is 1.95. The Morgan fingerprint density at radius 3 is 3.27 bits per heavy atom. The number of nitrogens with zero attached hydrogens (tertiary/aromatic N) is 3. The van der Waals surface area contributed by atoms with E-state index in [4.69, 9.17) is 0 Å². The molecule has 1 aliphatic rings. The van der Waals surface area contributed by atoms with E-state index in [1.54, 1.807) is 0 Å². The number of fused-ring (bicyclic) bond motifs is 1. The zero-order valence-corrected chi connectivity index (χ0v) is 8.77. The van der Waals surface area contributed by atoms with Gasteiger partial charge in [0.15, 0.2) is 11.5 Å². The first-order chi connectivity index (χ1) is 7.33. The number of aryl methyl sites for hydroxylation is 1. The van der Waals surface area contributed by atoms with E-state index < -0.39 is 0 Å². The van der Waals surface area contributed by atoms with Gasteiger partial charge in [-0.2, -0.15) is 0 Å². The summed E-state index contributed by atoms with van der Waals surface area (Å²) in [6.45, 7) is 3.15. The largest absolute Gasteiger partial charge is 0.307 e. The van der Waals surface area contributed by atoms with E-state index in [0.717, 1.165) is 24.4 Å². The summed E-state index contributed by atoms with van der Waals surface area (Å²) in [5.41, 5.74) is 2.17. The van der Waals surface area contributed by atoms with Crippen LogP contribution in [0, 0.1) is 6.92 Å². The predicted octanol–water partition coefficient (Wildman–Crippen LogP) is 1.46. The molecule has 0 amide bonds. The van der Waals surface area contributed by atoms with Gasteiger partial charge in [0, 0.05) is 6.20 Å².